The summed E-state index contributed by atoms with van der Waals surface area (Å²) in [6.45, 7) is 3.05. The molecule has 0 fully saturated rings. The van der Waals surface area contributed by atoms with Crippen LogP contribution >= 0.6 is 39.1 Å². The van der Waals surface area contributed by atoms with E-state index in [-0.39, 0.29) is 6.04 Å². The van der Waals surface area contributed by atoms with E-state index >= 15 is 0 Å². The molecule has 1 aromatic heterocycles. The van der Waals surface area contributed by atoms with Crippen LogP contribution in [0.3, 0.4) is 0 Å². The lowest BCUT2D eigenvalue weighted by atomic mass is 10.0. The lowest BCUT2D eigenvalue weighted by Gasteiger charge is -2.17. The maximum atomic E-state index is 6.24. The summed E-state index contributed by atoms with van der Waals surface area (Å²) in [6.07, 6.45) is 1.79. The molecule has 5 heteroatoms. The predicted octanol–water partition coefficient (Wildman–Crippen LogP) is 5.63. The average molecular weight is 377 g/mol. The molecule has 1 heterocycles. The monoisotopic (exact) mass is 375 g/mol. The summed E-state index contributed by atoms with van der Waals surface area (Å²) >= 11 is 15.6. The first-order valence-electron chi connectivity index (χ1n) is 6.52. The van der Waals surface area contributed by atoms with E-state index in [1.54, 1.807) is 6.07 Å². The smallest absolute Gasteiger partial charge is 0.169 e. The molecule has 0 saturated heterocycles. The van der Waals surface area contributed by atoms with Crippen molar-refractivity contribution in [1.82, 2.24) is 5.32 Å². The topological polar surface area (TPSA) is 25.2 Å². The molecule has 0 spiro atoms. The lowest BCUT2D eigenvalue weighted by molar-refractivity contribution is 0.400. The minimum absolute atomic E-state index is 0.0808. The maximum absolute atomic E-state index is 6.24. The van der Waals surface area contributed by atoms with Crippen molar-refractivity contribution < 1.29 is 4.42 Å². The molecule has 0 amide bonds. The Hall–Kier alpha value is -0.480. The molecule has 1 unspecified atom stereocenters. The summed E-state index contributed by atoms with van der Waals surface area (Å²) in [5.41, 5.74) is 1.01. The van der Waals surface area contributed by atoms with Crippen molar-refractivity contribution in [3.63, 3.8) is 0 Å². The normalized spacial score (nSPS) is 12.6. The van der Waals surface area contributed by atoms with Crippen LogP contribution in [-0.2, 0) is 6.42 Å². The summed E-state index contributed by atoms with van der Waals surface area (Å²) in [6, 6.07) is 9.48. The van der Waals surface area contributed by atoms with Crippen molar-refractivity contribution in [2.45, 2.75) is 25.8 Å². The van der Waals surface area contributed by atoms with Crippen molar-refractivity contribution in [2.24, 2.45) is 0 Å². The lowest BCUT2D eigenvalue weighted by Crippen LogP contribution is -2.23. The van der Waals surface area contributed by atoms with Crippen LogP contribution in [0.5, 0.6) is 0 Å². The summed E-state index contributed by atoms with van der Waals surface area (Å²) in [4.78, 5) is 0. The molecule has 1 atom stereocenters. The predicted molar refractivity (Wildman–Crippen MR) is 87.6 cm³/mol. The largest absolute Gasteiger partial charge is 0.453 e. The van der Waals surface area contributed by atoms with Gasteiger partial charge in [-0.25, -0.2) is 0 Å². The number of benzene rings is 1. The molecule has 0 bridgehead atoms. The number of furan rings is 1. The number of hydrogen-bond donors (Lipinski definition) is 1. The molecule has 2 aromatic rings. The zero-order valence-electron chi connectivity index (χ0n) is 11.1. The van der Waals surface area contributed by atoms with Gasteiger partial charge in [0.15, 0.2) is 4.67 Å². The molecular weight excluding hydrogens is 361 g/mol. The van der Waals surface area contributed by atoms with Crippen molar-refractivity contribution in [2.75, 3.05) is 6.54 Å². The van der Waals surface area contributed by atoms with Crippen molar-refractivity contribution in [1.29, 1.82) is 0 Å². The molecular formula is C15H16BrCl2NO. The van der Waals surface area contributed by atoms with Gasteiger partial charge in [0.1, 0.15) is 5.76 Å². The van der Waals surface area contributed by atoms with Crippen molar-refractivity contribution in [3.05, 3.63) is 56.4 Å². The molecule has 0 aliphatic carbocycles. The molecule has 2 rings (SSSR count). The van der Waals surface area contributed by atoms with Crippen molar-refractivity contribution in [3.8, 4) is 0 Å². The average Bonchev–Trinajstić information content (AvgIpc) is 2.85. The molecule has 20 heavy (non-hydrogen) atoms. The Bertz CT molecular complexity index is 571. The third-order valence-electron chi connectivity index (χ3n) is 3.01. The second kappa shape index (κ2) is 7.51. The molecule has 1 N–H and O–H groups in total. The minimum atomic E-state index is 0.0808. The summed E-state index contributed by atoms with van der Waals surface area (Å²) in [7, 11) is 0. The first-order valence-corrected chi connectivity index (χ1v) is 8.07. The van der Waals surface area contributed by atoms with Crippen LogP contribution in [0.2, 0.25) is 10.0 Å². The van der Waals surface area contributed by atoms with E-state index in [4.69, 9.17) is 27.6 Å². The fraction of sp³-hybridized carbons (Fsp3) is 0.333. The molecule has 1 aromatic carbocycles. The van der Waals surface area contributed by atoms with E-state index in [0.717, 1.165) is 40.4 Å². The highest BCUT2D eigenvalue weighted by Crippen LogP contribution is 2.28. The van der Waals surface area contributed by atoms with E-state index in [1.807, 2.05) is 24.3 Å². The van der Waals surface area contributed by atoms with E-state index in [9.17, 15) is 0 Å². The van der Waals surface area contributed by atoms with Gasteiger partial charge >= 0.3 is 0 Å². The Morgan fingerprint density at radius 3 is 2.70 bits per heavy atom. The fourth-order valence-electron chi connectivity index (χ4n) is 2.03. The Morgan fingerprint density at radius 1 is 1.25 bits per heavy atom. The van der Waals surface area contributed by atoms with Crippen molar-refractivity contribution >= 4 is 39.1 Å². The first-order chi connectivity index (χ1) is 9.60. The maximum Gasteiger partial charge on any atom is 0.169 e. The molecule has 0 radical (unpaired) electrons. The van der Waals surface area contributed by atoms with Gasteiger partial charge in [-0.2, -0.15) is 0 Å². The van der Waals surface area contributed by atoms with Crippen LogP contribution in [0.4, 0.5) is 0 Å². The molecule has 0 saturated carbocycles. The number of nitrogens with one attached hydrogen (secondary N) is 1. The standard InChI is InChI=1S/C15H16BrCl2NO/c1-2-7-19-13(14-5-6-15(16)20-14)9-10-8-11(17)3-4-12(10)18/h3-6,8,13,19H,2,7,9H2,1H3. The summed E-state index contributed by atoms with van der Waals surface area (Å²) in [5, 5.41) is 4.90. The van der Waals surface area contributed by atoms with Gasteiger partial charge < -0.3 is 9.73 Å². The highest BCUT2D eigenvalue weighted by Gasteiger charge is 2.17. The van der Waals surface area contributed by atoms with Crippen LogP contribution in [0, 0.1) is 0 Å². The molecule has 0 aliphatic rings. The van der Waals surface area contributed by atoms with Crippen LogP contribution in [0.25, 0.3) is 0 Å². The third-order valence-corrected chi connectivity index (χ3v) is 4.04. The Morgan fingerprint density at radius 2 is 2.05 bits per heavy atom. The second-order valence-electron chi connectivity index (χ2n) is 4.59. The Labute approximate surface area is 137 Å². The van der Waals surface area contributed by atoms with Crippen LogP contribution in [0.15, 0.2) is 39.4 Å². The van der Waals surface area contributed by atoms with Gasteiger partial charge in [0.05, 0.1) is 6.04 Å². The summed E-state index contributed by atoms with van der Waals surface area (Å²) in [5.74, 6) is 0.890. The second-order valence-corrected chi connectivity index (χ2v) is 6.21. The quantitative estimate of drug-likeness (QED) is 0.706. The van der Waals surface area contributed by atoms with Gasteiger partial charge in [-0.3, -0.25) is 0 Å². The molecule has 0 aliphatic heterocycles. The van der Waals surface area contributed by atoms with Crippen LogP contribution in [0.1, 0.15) is 30.7 Å². The number of halogens is 3. The van der Waals surface area contributed by atoms with Gasteiger partial charge in [0, 0.05) is 10.0 Å². The molecule has 2 nitrogen and oxygen atoms in total. The first kappa shape index (κ1) is 15.9. The van der Waals surface area contributed by atoms with Gasteiger partial charge in [-0.15, -0.1) is 0 Å². The van der Waals surface area contributed by atoms with Gasteiger partial charge in [-0.05, 0) is 71.2 Å². The Kier molecular flexibility index (Phi) is 5.97. The van der Waals surface area contributed by atoms with Gasteiger partial charge in [0.25, 0.3) is 0 Å². The number of rotatable bonds is 6. The fourth-order valence-corrected chi connectivity index (χ4v) is 2.74. The third kappa shape index (κ3) is 4.26. The Balaban J connectivity index is 2.21. The zero-order valence-corrected chi connectivity index (χ0v) is 14.2. The van der Waals surface area contributed by atoms with Gasteiger partial charge in [0.2, 0.25) is 0 Å². The highest BCUT2D eigenvalue weighted by molar-refractivity contribution is 9.10. The van der Waals surface area contributed by atoms with E-state index in [2.05, 4.69) is 28.2 Å². The van der Waals surface area contributed by atoms with E-state index in [1.165, 1.54) is 0 Å². The number of hydrogen-bond acceptors (Lipinski definition) is 2. The SMILES string of the molecule is CCCNC(Cc1cc(Cl)ccc1Cl)c1ccc(Br)o1. The van der Waals surface area contributed by atoms with Gasteiger partial charge in [-0.1, -0.05) is 30.1 Å². The highest BCUT2D eigenvalue weighted by atomic mass is 79.9. The molecule has 108 valence electrons. The zero-order chi connectivity index (χ0) is 14.5. The van der Waals surface area contributed by atoms with E-state index < -0.39 is 0 Å². The van der Waals surface area contributed by atoms with Crippen LogP contribution < -0.4 is 5.32 Å². The minimum Gasteiger partial charge on any atom is -0.453 e. The summed E-state index contributed by atoms with van der Waals surface area (Å²) < 4.78 is 6.39. The van der Waals surface area contributed by atoms with Crippen LogP contribution in [-0.4, -0.2) is 6.54 Å². The van der Waals surface area contributed by atoms with E-state index in [0.29, 0.717) is 5.02 Å².